The van der Waals surface area contributed by atoms with Crippen LogP contribution in [0.25, 0.3) is 11.3 Å². The van der Waals surface area contributed by atoms with Crippen molar-refractivity contribution in [3.8, 4) is 11.3 Å². The maximum atomic E-state index is 12.5. The summed E-state index contributed by atoms with van der Waals surface area (Å²) >= 11 is 0. The van der Waals surface area contributed by atoms with Gasteiger partial charge >= 0.3 is 5.97 Å². The predicted molar refractivity (Wildman–Crippen MR) is 103 cm³/mol. The van der Waals surface area contributed by atoms with Crippen molar-refractivity contribution in [1.82, 2.24) is 10.3 Å². The molecule has 2 N–H and O–H groups in total. The SMILES string of the molecule is CCOC1CC(NC(=O)CCc2ncc(-c3ccccc3)o2)(C(=O)O)C1(C)C. The summed E-state index contributed by atoms with van der Waals surface area (Å²) < 4.78 is 11.3. The second kappa shape index (κ2) is 7.75. The van der Waals surface area contributed by atoms with Gasteiger partial charge < -0.3 is 19.6 Å². The highest BCUT2D eigenvalue weighted by Gasteiger charge is 2.66. The van der Waals surface area contributed by atoms with Gasteiger partial charge in [0, 0.05) is 36.8 Å². The van der Waals surface area contributed by atoms with Gasteiger partial charge in [0.05, 0.1) is 12.3 Å². The maximum Gasteiger partial charge on any atom is 0.330 e. The molecule has 1 aromatic carbocycles. The van der Waals surface area contributed by atoms with E-state index in [4.69, 9.17) is 9.15 Å². The number of carbonyl (C=O) groups is 2. The first-order chi connectivity index (χ1) is 13.3. The number of amides is 1. The Morgan fingerprint density at radius 1 is 1.32 bits per heavy atom. The number of oxazole rings is 1. The lowest BCUT2D eigenvalue weighted by Crippen LogP contribution is -2.76. The number of aliphatic carboxylic acids is 1. The van der Waals surface area contributed by atoms with Crippen LogP contribution in [0.1, 0.15) is 39.5 Å². The monoisotopic (exact) mass is 386 g/mol. The Morgan fingerprint density at radius 2 is 2.04 bits per heavy atom. The van der Waals surface area contributed by atoms with E-state index in [1.54, 1.807) is 6.20 Å². The van der Waals surface area contributed by atoms with Crippen molar-refractivity contribution in [3.63, 3.8) is 0 Å². The standard InChI is InChI=1S/C21H26N2O5/c1-4-27-16-12-21(19(25)26,20(16,2)3)23-17(24)10-11-18-22-13-15(28-18)14-8-6-5-7-9-14/h5-9,13,16H,4,10-12H2,1-3H3,(H,23,24)(H,25,26). The molecule has 2 unspecified atom stereocenters. The third-order valence-corrected chi connectivity index (χ3v) is 5.66. The molecule has 1 aromatic heterocycles. The number of carbonyl (C=O) groups excluding carboxylic acids is 1. The summed E-state index contributed by atoms with van der Waals surface area (Å²) in [6, 6.07) is 9.57. The normalized spacial score (nSPS) is 23.0. The fourth-order valence-corrected chi connectivity index (χ4v) is 3.72. The van der Waals surface area contributed by atoms with Crippen LogP contribution in [0.2, 0.25) is 0 Å². The van der Waals surface area contributed by atoms with Crippen LogP contribution in [0.5, 0.6) is 0 Å². The Bertz CT molecular complexity index is 845. The zero-order chi connectivity index (χ0) is 20.4. The van der Waals surface area contributed by atoms with Gasteiger partial charge in [-0.2, -0.15) is 0 Å². The van der Waals surface area contributed by atoms with Crippen molar-refractivity contribution in [2.75, 3.05) is 6.61 Å². The average molecular weight is 386 g/mol. The van der Waals surface area contributed by atoms with Crippen LogP contribution in [0, 0.1) is 5.41 Å². The van der Waals surface area contributed by atoms with Gasteiger partial charge in [-0.1, -0.05) is 44.2 Å². The van der Waals surface area contributed by atoms with Gasteiger partial charge in [0.15, 0.2) is 11.7 Å². The fourth-order valence-electron chi connectivity index (χ4n) is 3.72. The molecule has 0 aliphatic heterocycles. The molecule has 2 atom stereocenters. The largest absolute Gasteiger partial charge is 0.479 e. The Morgan fingerprint density at radius 3 is 2.64 bits per heavy atom. The summed E-state index contributed by atoms with van der Waals surface area (Å²) in [6.45, 7) is 6.00. The van der Waals surface area contributed by atoms with Crippen molar-refractivity contribution >= 4 is 11.9 Å². The highest BCUT2D eigenvalue weighted by molar-refractivity contribution is 5.89. The predicted octanol–water partition coefficient (Wildman–Crippen LogP) is 3.05. The van der Waals surface area contributed by atoms with E-state index in [0.717, 1.165) is 5.56 Å². The summed E-state index contributed by atoms with van der Waals surface area (Å²) in [6.07, 6.45) is 2.08. The third-order valence-electron chi connectivity index (χ3n) is 5.66. The average Bonchev–Trinajstić information content (AvgIpc) is 3.15. The Labute approximate surface area is 164 Å². The molecule has 0 bridgehead atoms. The molecule has 1 saturated carbocycles. The van der Waals surface area contributed by atoms with Crippen molar-refractivity contribution in [2.24, 2.45) is 5.41 Å². The number of nitrogens with one attached hydrogen (secondary N) is 1. The molecule has 3 rings (SSSR count). The zero-order valence-corrected chi connectivity index (χ0v) is 16.4. The molecule has 1 aliphatic carbocycles. The Balaban J connectivity index is 1.61. The van der Waals surface area contributed by atoms with E-state index in [0.29, 0.717) is 24.7 Å². The second-order valence-corrected chi connectivity index (χ2v) is 7.61. The number of rotatable bonds is 8. The van der Waals surface area contributed by atoms with Gasteiger partial charge in [0.1, 0.15) is 5.54 Å². The van der Waals surface area contributed by atoms with E-state index in [9.17, 15) is 14.7 Å². The van der Waals surface area contributed by atoms with Crippen LogP contribution in [-0.2, 0) is 20.7 Å². The Kier molecular flexibility index (Phi) is 5.56. The molecule has 1 amide bonds. The third kappa shape index (κ3) is 3.54. The molecule has 28 heavy (non-hydrogen) atoms. The van der Waals surface area contributed by atoms with Crippen LogP contribution in [0.15, 0.2) is 40.9 Å². The van der Waals surface area contributed by atoms with Gasteiger partial charge in [0.25, 0.3) is 0 Å². The topological polar surface area (TPSA) is 102 Å². The van der Waals surface area contributed by atoms with Crippen molar-refractivity contribution in [3.05, 3.63) is 42.4 Å². The summed E-state index contributed by atoms with van der Waals surface area (Å²) in [4.78, 5) is 28.6. The number of carboxylic acids is 1. The number of carboxylic acid groups (broad SMARTS) is 1. The highest BCUT2D eigenvalue weighted by atomic mass is 16.5. The van der Waals surface area contributed by atoms with E-state index in [-0.39, 0.29) is 24.9 Å². The first-order valence-electron chi connectivity index (χ1n) is 9.46. The van der Waals surface area contributed by atoms with E-state index >= 15 is 0 Å². The molecule has 0 spiro atoms. The van der Waals surface area contributed by atoms with E-state index in [1.807, 2.05) is 51.1 Å². The van der Waals surface area contributed by atoms with E-state index in [1.165, 1.54) is 0 Å². The molecule has 1 heterocycles. The number of aromatic nitrogens is 1. The maximum absolute atomic E-state index is 12.5. The molecular formula is C21H26N2O5. The van der Waals surface area contributed by atoms with E-state index in [2.05, 4.69) is 10.3 Å². The number of benzene rings is 1. The molecule has 7 nitrogen and oxygen atoms in total. The van der Waals surface area contributed by atoms with Gasteiger partial charge in [-0.15, -0.1) is 0 Å². The molecule has 0 radical (unpaired) electrons. The molecule has 1 aliphatic rings. The number of ether oxygens (including phenoxy) is 1. The summed E-state index contributed by atoms with van der Waals surface area (Å²) in [5, 5.41) is 12.5. The summed E-state index contributed by atoms with van der Waals surface area (Å²) in [5.41, 5.74) is -1.11. The van der Waals surface area contributed by atoms with Crippen molar-refractivity contribution in [2.45, 2.75) is 51.7 Å². The number of hydrogen-bond acceptors (Lipinski definition) is 5. The zero-order valence-electron chi connectivity index (χ0n) is 16.4. The van der Waals surface area contributed by atoms with Crippen molar-refractivity contribution in [1.29, 1.82) is 0 Å². The van der Waals surface area contributed by atoms with Gasteiger partial charge in [0.2, 0.25) is 5.91 Å². The van der Waals surface area contributed by atoms with Gasteiger partial charge in [-0.25, -0.2) is 9.78 Å². The molecular weight excluding hydrogens is 360 g/mol. The van der Waals surface area contributed by atoms with Crippen LogP contribution in [0.3, 0.4) is 0 Å². The minimum Gasteiger partial charge on any atom is -0.479 e. The second-order valence-electron chi connectivity index (χ2n) is 7.61. The van der Waals surface area contributed by atoms with Crippen molar-refractivity contribution < 1.29 is 23.8 Å². The lowest BCUT2D eigenvalue weighted by atomic mass is 9.54. The Hall–Kier alpha value is -2.67. The molecule has 150 valence electrons. The summed E-state index contributed by atoms with van der Waals surface area (Å²) in [5.74, 6) is -0.301. The van der Waals surface area contributed by atoms with Crippen LogP contribution >= 0.6 is 0 Å². The first kappa shape index (κ1) is 20.1. The van der Waals surface area contributed by atoms with Crippen LogP contribution < -0.4 is 5.32 Å². The fraction of sp³-hybridized carbons (Fsp3) is 0.476. The number of nitrogens with zero attached hydrogens (tertiary/aromatic N) is 1. The summed E-state index contributed by atoms with van der Waals surface area (Å²) in [7, 11) is 0. The minimum absolute atomic E-state index is 0.0964. The molecule has 2 aromatic rings. The number of aryl methyl sites for hydroxylation is 1. The van der Waals surface area contributed by atoms with Crippen LogP contribution in [-0.4, -0.2) is 40.2 Å². The lowest BCUT2D eigenvalue weighted by molar-refractivity contribution is -0.194. The van der Waals surface area contributed by atoms with Gasteiger partial charge in [-0.3, -0.25) is 4.79 Å². The van der Waals surface area contributed by atoms with Gasteiger partial charge in [-0.05, 0) is 6.92 Å². The molecule has 0 saturated heterocycles. The first-order valence-corrected chi connectivity index (χ1v) is 9.46. The quantitative estimate of drug-likeness (QED) is 0.723. The lowest BCUT2D eigenvalue weighted by Gasteiger charge is -2.58. The minimum atomic E-state index is -1.32. The van der Waals surface area contributed by atoms with Crippen LogP contribution in [0.4, 0.5) is 0 Å². The molecule has 1 fully saturated rings. The smallest absolute Gasteiger partial charge is 0.330 e. The van der Waals surface area contributed by atoms with E-state index < -0.39 is 16.9 Å². The number of hydrogen-bond donors (Lipinski definition) is 2. The highest BCUT2D eigenvalue weighted by Crippen LogP contribution is 2.51. The molecule has 7 heteroatoms.